The molecule has 0 saturated carbocycles. The van der Waals surface area contributed by atoms with Crippen LogP contribution in [-0.2, 0) is 0 Å². The van der Waals surface area contributed by atoms with E-state index in [-0.39, 0.29) is 5.78 Å². The molecule has 1 aromatic carbocycles. The lowest BCUT2D eigenvalue weighted by molar-refractivity contribution is 0.101. The smallest absolute Gasteiger partial charge is 0.163 e. The van der Waals surface area contributed by atoms with Crippen molar-refractivity contribution in [2.75, 3.05) is 46.4 Å². The van der Waals surface area contributed by atoms with Gasteiger partial charge in [-0.3, -0.25) is 9.69 Å². The third kappa shape index (κ3) is 4.05. The summed E-state index contributed by atoms with van der Waals surface area (Å²) >= 11 is 0. The molecule has 1 saturated heterocycles. The van der Waals surface area contributed by atoms with E-state index in [0.717, 1.165) is 38.3 Å². The van der Waals surface area contributed by atoms with Crippen LogP contribution in [0.2, 0.25) is 0 Å². The number of aryl methyl sites for hydroxylation is 1. The number of Topliss-reactive ketones (excluding diaryl/α,β-unsaturated/α-hetero) is 1. The van der Waals surface area contributed by atoms with Crippen molar-refractivity contribution in [1.29, 1.82) is 0 Å². The predicted octanol–water partition coefficient (Wildman–Crippen LogP) is 1.82. The van der Waals surface area contributed by atoms with Crippen molar-refractivity contribution >= 4 is 5.78 Å². The maximum atomic E-state index is 11.6. The third-order valence-corrected chi connectivity index (χ3v) is 3.78. The SMILES string of the molecule is CC(=O)c1ccc(C)cc1OCCN1CCN(C)CC1. The van der Waals surface area contributed by atoms with Gasteiger partial charge < -0.3 is 9.64 Å². The van der Waals surface area contributed by atoms with Crippen LogP contribution in [0.4, 0.5) is 0 Å². The van der Waals surface area contributed by atoms with Crippen molar-refractivity contribution in [3.8, 4) is 5.75 Å². The molecular formula is C16H24N2O2. The number of ether oxygens (including phenoxy) is 1. The second-order valence-electron chi connectivity index (χ2n) is 5.55. The Balaban J connectivity index is 1.87. The number of carbonyl (C=O) groups is 1. The topological polar surface area (TPSA) is 32.8 Å². The highest BCUT2D eigenvalue weighted by atomic mass is 16.5. The zero-order valence-corrected chi connectivity index (χ0v) is 12.7. The van der Waals surface area contributed by atoms with Gasteiger partial charge in [-0.2, -0.15) is 0 Å². The Labute approximate surface area is 121 Å². The van der Waals surface area contributed by atoms with Crippen molar-refractivity contribution in [3.05, 3.63) is 29.3 Å². The maximum absolute atomic E-state index is 11.6. The molecule has 110 valence electrons. The first-order valence-electron chi connectivity index (χ1n) is 7.21. The standard InChI is InChI=1S/C16H24N2O2/c1-13-4-5-15(14(2)19)16(12-13)20-11-10-18-8-6-17(3)7-9-18/h4-5,12H,6-11H2,1-3H3. The minimum atomic E-state index is 0.0552. The summed E-state index contributed by atoms with van der Waals surface area (Å²) in [7, 11) is 2.15. The highest BCUT2D eigenvalue weighted by Gasteiger charge is 2.14. The number of nitrogens with zero attached hydrogens (tertiary/aromatic N) is 2. The van der Waals surface area contributed by atoms with Gasteiger partial charge in [0, 0.05) is 32.7 Å². The van der Waals surface area contributed by atoms with Gasteiger partial charge in [0.05, 0.1) is 5.56 Å². The molecular weight excluding hydrogens is 252 g/mol. The van der Waals surface area contributed by atoms with Crippen molar-refractivity contribution in [2.24, 2.45) is 0 Å². The Kier molecular flexibility index (Phi) is 5.15. The van der Waals surface area contributed by atoms with Gasteiger partial charge in [0.15, 0.2) is 5.78 Å². The van der Waals surface area contributed by atoms with Gasteiger partial charge in [-0.1, -0.05) is 6.07 Å². The fourth-order valence-electron chi connectivity index (χ4n) is 2.40. The van der Waals surface area contributed by atoms with E-state index in [1.54, 1.807) is 6.92 Å². The van der Waals surface area contributed by atoms with Crippen LogP contribution in [0.25, 0.3) is 0 Å². The Morgan fingerprint density at radius 1 is 1.25 bits per heavy atom. The molecule has 1 fully saturated rings. The highest BCUT2D eigenvalue weighted by molar-refractivity contribution is 5.96. The van der Waals surface area contributed by atoms with Crippen LogP contribution in [0.3, 0.4) is 0 Å². The fourth-order valence-corrected chi connectivity index (χ4v) is 2.40. The molecule has 0 amide bonds. The largest absolute Gasteiger partial charge is 0.491 e. The summed E-state index contributed by atoms with van der Waals surface area (Å²) in [5, 5.41) is 0. The quantitative estimate of drug-likeness (QED) is 0.768. The first kappa shape index (κ1) is 15.0. The molecule has 0 aromatic heterocycles. The maximum Gasteiger partial charge on any atom is 0.163 e. The second kappa shape index (κ2) is 6.86. The number of likely N-dealkylation sites (N-methyl/N-ethyl adjacent to an activating group) is 1. The molecule has 0 aliphatic carbocycles. The number of hydrogen-bond donors (Lipinski definition) is 0. The molecule has 2 rings (SSSR count). The predicted molar refractivity (Wildman–Crippen MR) is 80.6 cm³/mol. The zero-order valence-electron chi connectivity index (χ0n) is 12.7. The van der Waals surface area contributed by atoms with Crippen molar-refractivity contribution in [2.45, 2.75) is 13.8 Å². The monoisotopic (exact) mass is 276 g/mol. The van der Waals surface area contributed by atoms with E-state index < -0.39 is 0 Å². The van der Waals surface area contributed by atoms with Crippen LogP contribution >= 0.6 is 0 Å². The summed E-state index contributed by atoms with van der Waals surface area (Å²) in [5.74, 6) is 0.770. The van der Waals surface area contributed by atoms with Gasteiger partial charge in [-0.25, -0.2) is 0 Å². The first-order valence-corrected chi connectivity index (χ1v) is 7.21. The number of ketones is 1. The second-order valence-corrected chi connectivity index (χ2v) is 5.55. The number of benzene rings is 1. The molecule has 0 atom stereocenters. The van der Waals surface area contributed by atoms with Crippen LogP contribution in [0.1, 0.15) is 22.8 Å². The molecule has 0 N–H and O–H groups in total. The molecule has 4 nitrogen and oxygen atoms in total. The molecule has 4 heteroatoms. The van der Waals surface area contributed by atoms with Gasteiger partial charge in [-0.15, -0.1) is 0 Å². The summed E-state index contributed by atoms with van der Waals surface area (Å²) in [6, 6.07) is 5.74. The molecule has 0 spiro atoms. The van der Waals surface area contributed by atoms with Gasteiger partial charge in [0.1, 0.15) is 12.4 Å². The van der Waals surface area contributed by atoms with E-state index in [1.165, 1.54) is 0 Å². The fraction of sp³-hybridized carbons (Fsp3) is 0.562. The van der Waals surface area contributed by atoms with Crippen LogP contribution < -0.4 is 4.74 Å². The summed E-state index contributed by atoms with van der Waals surface area (Å²) in [6.45, 7) is 9.55. The normalized spacial score (nSPS) is 17.1. The zero-order chi connectivity index (χ0) is 14.5. The summed E-state index contributed by atoms with van der Waals surface area (Å²) in [6.07, 6.45) is 0. The van der Waals surface area contributed by atoms with E-state index in [9.17, 15) is 4.79 Å². The van der Waals surface area contributed by atoms with E-state index in [2.05, 4.69) is 16.8 Å². The summed E-state index contributed by atoms with van der Waals surface area (Å²) < 4.78 is 5.83. The van der Waals surface area contributed by atoms with Crippen LogP contribution in [0.15, 0.2) is 18.2 Å². The van der Waals surface area contributed by atoms with Crippen molar-refractivity contribution < 1.29 is 9.53 Å². The number of rotatable bonds is 5. The summed E-state index contributed by atoms with van der Waals surface area (Å²) in [4.78, 5) is 16.3. The molecule has 0 bridgehead atoms. The van der Waals surface area contributed by atoms with Gasteiger partial charge >= 0.3 is 0 Å². The van der Waals surface area contributed by atoms with E-state index in [0.29, 0.717) is 17.9 Å². The Morgan fingerprint density at radius 3 is 2.60 bits per heavy atom. The van der Waals surface area contributed by atoms with Crippen LogP contribution in [0.5, 0.6) is 5.75 Å². The number of carbonyl (C=O) groups excluding carboxylic acids is 1. The lowest BCUT2D eigenvalue weighted by Crippen LogP contribution is -2.45. The lowest BCUT2D eigenvalue weighted by atomic mass is 10.1. The Bertz CT molecular complexity index is 466. The average molecular weight is 276 g/mol. The first-order chi connectivity index (χ1) is 9.56. The minimum Gasteiger partial charge on any atom is -0.491 e. The molecule has 1 aliphatic heterocycles. The number of hydrogen-bond acceptors (Lipinski definition) is 4. The summed E-state index contributed by atoms with van der Waals surface area (Å²) in [5.41, 5.74) is 1.79. The van der Waals surface area contributed by atoms with E-state index in [1.807, 2.05) is 25.1 Å². The minimum absolute atomic E-state index is 0.0552. The number of piperazine rings is 1. The van der Waals surface area contributed by atoms with Crippen LogP contribution in [-0.4, -0.2) is 62.0 Å². The average Bonchev–Trinajstić information content (AvgIpc) is 2.41. The van der Waals surface area contributed by atoms with Gasteiger partial charge in [0.2, 0.25) is 0 Å². The third-order valence-electron chi connectivity index (χ3n) is 3.78. The van der Waals surface area contributed by atoms with Crippen LogP contribution in [0, 0.1) is 6.92 Å². The Morgan fingerprint density at radius 2 is 1.95 bits per heavy atom. The Hall–Kier alpha value is -1.39. The molecule has 20 heavy (non-hydrogen) atoms. The van der Waals surface area contributed by atoms with Gasteiger partial charge in [-0.05, 0) is 38.6 Å². The molecule has 1 aliphatic rings. The highest BCUT2D eigenvalue weighted by Crippen LogP contribution is 2.20. The lowest BCUT2D eigenvalue weighted by Gasteiger charge is -2.32. The molecule has 1 heterocycles. The van der Waals surface area contributed by atoms with Gasteiger partial charge in [0.25, 0.3) is 0 Å². The molecule has 0 unspecified atom stereocenters. The van der Waals surface area contributed by atoms with E-state index >= 15 is 0 Å². The van der Waals surface area contributed by atoms with Crippen molar-refractivity contribution in [1.82, 2.24) is 9.80 Å². The molecule has 1 aromatic rings. The van der Waals surface area contributed by atoms with Crippen molar-refractivity contribution in [3.63, 3.8) is 0 Å². The van der Waals surface area contributed by atoms with E-state index in [4.69, 9.17) is 4.74 Å². The molecule has 0 radical (unpaired) electrons.